The van der Waals surface area contributed by atoms with E-state index in [0.29, 0.717) is 15.9 Å². The first-order valence-electron chi connectivity index (χ1n) is 9.02. The van der Waals surface area contributed by atoms with Gasteiger partial charge in [-0.3, -0.25) is 10.2 Å². The summed E-state index contributed by atoms with van der Waals surface area (Å²) in [5, 5.41) is 2.42. The number of hydrogen-bond acceptors (Lipinski definition) is 4. The molecule has 0 spiro atoms. The molecule has 0 saturated carbocycles. The largest absolute Gasteiger partial charge is 0.482 e. The van der Waals surface area contributed by atoms with Gasteiger partial charge in [-0.05, 0) is 29.8 Å². The second-order valence-corrected chi connectivity index (χ2v) is 7.70. The molecule has 1 atom stereocenters. The molecule has 146 valence electrons. The Morgan fingerprint density at radius 3 is 2.38 bits per heavy atom. The van der Waals surface area contributed by atoms with Crippen molar-refractivity contribution in [3.8, 4) is 5.75 Å². The van der Waals surface area contributed by atoms with Crippen LogP contribution in [0.5, 0.6) is 5.75 Å². The number of hydrogen-bond donors (Lipinski definition) is 1. The Bertz CT molecular complexity index is 1010. The summed E-state index contributed by atoms with van der Waals surface area (Å²) < 4.78 is 5.64. The third-order valence-corrected chi connectivity index (χ3v) is 5.63. The van der Waals surface area contributed by atoms with Crippen LogP contribution < -0.4 is 10.2 Å². The first kappa shape index (κ1) is 19.4. The number of carbonyl (C=O) groups excluding carboxylic acids is 1. The lowest BCUT2D eigenvalue weighted by Crippen LogP contribution is -2.42. The van der Waals surface area contributed by atoms with Gasteiger partial charge < -0.3 is 4.74 Å². The fourth-order valence-corrected chi connectivity index (χ4v) is 4.10. The predicted octanol–water partition coefficient (Wildman–Crippen LogP) is 5.19. The van der Waals surface area contributed by atoms with Crippen LogP contribution >= 0.6 is 23.4 Å². The Hall–Kier alpha value is -2.96. The maximum Gasteiger partial charge on any atom is 0.280 e. The molecule has 7 heteroatoms. The zero-order chi connectivity index (χ0) is 20.1. The average molecular weight is 424 g/mol. The van der Waals surface area contributed by atoms with Gasteiger partial charge in [0.25, 0.3) is 5.91 Å². The Balaban J connectivity index is 1.54. The van der Waals surface area contributed by atoms with Crippen LogP contribution in [0.3, 0.4) is 0 Å². The molecule has 1 heterocycles. The Morgan fingerprint density at radius 2 is 1.66 bits per heavy atom. The number of amides is 1. The van der Waals surface area contributed by atoms with Crippen LogP contribution in [-0.4, -0.2) is 22.7 Å². The van der Waals surface area contributed by atoms with Crippen molar-refractivity contribution in [2.75, 3.05) is 6.61 Å². The summed E-state index contributed by atoms with van der Waals surface area (Å²) in [6.45, 7) is -0.140. The topological polar surface area (TPSA) is 53.9 Å². The van der Waals surface area contributed by atoms with Gasteiger partial charge in [0.05, 0.1) is 10.7 Å². The fourth-order valence-electron chi connectivity index (χ4n) is 2.82. The molecule has 29 heavy (non-hydrogen) atoms. The molecule has 1 aliphatic heterocycles. The molecule has 0 aliphatic carbocycles. The Labute approximate surface area is 178 Å². The summed E-state index contributed by atoms with van der Waals surface area (Å²) in [5.41, 5.74) is 4.93. The normalized spacial score (nSPS) is 17.2. The van der Waals surface area contributed by atoms with Gasteiger partial charge in [-0.25, -0.2) is 10.0 Å². The number of thioether (sulfide) groups is 1. The van der Waals surface area contributed by atoms with Crippen molar-refractivity contribution >= 4 is 40.1 Å². The van der Waals surface area contributed by atoms with Crippen LogP contribution in [0.4, 0.5) is 5.69 Å². The molecule has 0 bridgehead atoms. The van der Waals surface area contributed by atoms with Crippen LogP contribution in [0, 0.1) is 0 Å². The second kappa shape index (κ2) is 9.03. The van der Waals surface area contributed by atoms with Gasteiger partial charge in [0.2, 0.25) is 0 Å². The minimum atomic E-state index is -0.249. The minimum Gasteiger partial charge on any atom is -0.482 e. The van der Waals surface area contributed by atoms with Crippen LogP contribution in [-0.2, 0) is 4.79 Å². The number of nitrogens with one attached hydrogen (secondary N) is 1. The SMILES string of the molecule is O=C(COc1ccccc1Cl)N1NC(=Nc2ccccc2)SC1c1ccccc1. The maximum absolute atomic E-state index is 12.9. The quantitative estimate of drug-likeness (QED) is 0.614. The zero-order valence-corrected chi connectivity index (χ0v) is 16.9. The van der Waals surface area contributed by atoms with Crippen molar-refractivity contribution in [2.45, 2.75) is 5.37 Å². The van der Waals surface area contributed by atoms with Gasteiger partial charge in [0.1, 0.15) is 11.1 Å². The van der Waals surface area contributed by atoms with Gasteiger partial charge in [0.15, 0.2) is 11.8 Å². The van der Waals surface area contributed by atoms with E-state index in [1.807, 2.05) is 72.8 Å². The molecule has 3 aromatic carbocycles. The number of aliphatic imine (C=N–C) groups is 1. The Kier molecular flexibility index (Phi) is 6.03. The molecule has 5 nitrogen and oxygen atoms in total. The van der Waals surface area contributed by atoms with Crippen molar-refractivity contribution in [3.05, 3.63) is 95.5 Å². The van der Waals surface area contributed by atoms with Gasteiger partial charge in [-0.2, -0.15) is 0 Å². The van der Waals surface area contributed by atoms with E-state index in [2.05, 4.69) is 10.4 Å². The molecule has 1 aliphatic rings. The average Bonchev–Trinajstić information content (AvgIpc) is 3.18. The van der Waals surface area contributed by atoms with E-state index in [-0.39, 0.29) is 17.9 Å². The molecule has 4 rings (SSSR count). The van der Waals surface area contributed by atoms with Crippen LogP contribution in [0.1, 0.15) is 10.9 Å². The number of carbonyl (C=O) groups is 1. The van der Waals surface area contributed by atoms with E-state index in [9.17, 15) is 4.79 Å². The first-order valence-corrected chi connectivity index (χ1v) is 10.3. The maximum atomic E-state index is 12.9. The minimum absolute atomic E-state index is 0.140. The number of amidine groups is 1. The number of halogens is 1. The van der Waals surface area contributed by atoms with E-state index >= 15 is 0 Å². The van der Waals surface area contributed by atoms with Crippen molar-refractivity contribution < 1.29 is 9.53 Å². The molecular weight excluding hydrogens is 406 g/mol. The zero-order valence-electron chi connectivity index (χ0n) is 15.4. The van der Waals surface area contributed by atoms with E-state index < -0.39 is 0 Å². The number of hydrazine groups is 1. The highest BCUT2D eigenvalue weighted by Crippen LogP contribution is 2.38. The van der Waals surface area contributed by atoms with Crippen LogP contribution in [0.15, 0.2) is 89.9 Å². The van der Waals surface area contributed by atoms with Crippen molar-refractivity contribution in [1.29, 1.82) is 0 Å². The van der Waals surface area contributed by atoms with Gasteiger partial charge in [-0.15, -0.1) is 0 Å². The second-order valence-electron chi connectivity index (χ2n) is 6.23. The molecule has 1 amide bonds. The summed E-state index contributed by atoms with van der Waals surface area (Å²) in [6, 6.07) is 26.5. The predicted molar refractivity (Wildman–Crippen MR) is 117 cm³/mol. The van der Waals surface area contributed by atoms with Crippen LogP contribution in [0.25, 0.3) is 0 Å². The van der Waals surface area contributed by atoms with Gasteiger partial charge in [-0.1, -0.05) is 84.0 Å². The molecule has 0 radical (unpaired) electrons. The van der Waals surface area contributed by atoms with Gasteiger partial charge in [0, 0.05) is 0 Å². The molecule has 1 N–H and O–H groups in total. The van der Waals surface area contributed by atoms with E-state index in [1.54, 1.807) is 17.1 Å². The number of nitrogens with zero attached hydrogens (tertiary/aromatic N) is 2. The lowest BCUT2D eigenvalue weighted by molar-refractivity contribution is -0.135. The van der Waals surface area contributed by atoms with Crippen LogP contribution in [0.2, 0.25) is 5.02 Å². The summed E-state index contributed by atoms with van der Waals surface area (Å²) in [7, 11) is 0. The highest BCUT2D eigenvalue weighted by Gasteiger charge is 2.35. The molecule has 1 saturated heterocycles. The highest BCUT2D eigenvalue weighted by atomic mass is 35.5. The third-order valence-electron chi connectivity index (χ3n) is 4.20. The Morgan fingerprint density at radius 1 is 1.00 bits per heavy atom. The number of rotatable bonds is 5. The fraction of sp³-hybridized carbons (Fsp3) is 0.0909. The van der Waals surface area contributed by atoms with Crippen molar-refractivity contribution in [1.82, 2.24) is 10.4 Å². The monoisotopic (exact) mass is 423 g/mol. The lowest BCUT2D eigenvalue weighted by atomic mass is 10.2. The van der Waals surface area contributed by atoms with Crippen molar-refractivity contribution in [3.63, 3.8) is 0 Å². The third kappa shape index (κ3) is 4.72. The van der Waals surface area contributed by atoms with E-state index in [4.69, 9.17) is 16.3 Å². The smallest absolute Gasteiger partial charge is 0.280 e. The summed E-state index contributed by atoms with van der Waals surface area (Å²) >= 11 is 7.60. The number of ether oxygens (including phenoxy) is 1. The molecule has 0 aromatic heterocycles. The molecular formula is C22H18ClN3O2S. The number of para-hydroxylation sites is 2. The molecule has 3 aromatic rings. The lowest BCUT2D eigenvalue weighted by Gasteiger charge is -2.23. The number of benzene rings is 3. The van der Waals surface area contributed by atoms with E-state index in [1.165, 1.54) is 11.8 Å². The summed E-state index contributed by atoms with van der Waals surface area (Å²) in [4.78, 5) is 17.6. The highest BCUT2D eigenvalue weighted by molar-refractivity contribution is 8.14. The summed E-state index contributed by atoms with van der Waals surface area (Å²) in [6.07, 6.45) is 0. The first-order chi connectivity index (χ1) is 14.2. The van der Waals surface area contributed by atoms with Crippen molar-refractivity contribution in [2.24, 2.45) is 4.99 Å². The summed E-state index contributed by atoms with van der Waals surface area (Å²) in [5.74, 6) is 0.258. The molecule has 1 unspecified atom stereocenters. The molecule has 1 fully saturated rings. The standard InChI is InChI=1S/C22H18ClN3O2S/c23-18-13-7-8-14-19(18)28-15-20(27)26-21(16-9-3-1-4-10-16)29-22(25-26)24-17-11-5-2-6-12-17/h1-14,21H,15H2,(H,24,25). The van der Waals surface area contributed by atoms with E-state index in [0.717, 1.165) is 11.3 Å². The van der Waals surface area contributed by atoms with Gasteiger partial charge >= 0.3 is 0 Å².